The van der Waals surface area contributed by atoms with Crippen LogP contribution in [-0.4, -0.2) is 37.0 Å². The zero-order valence-electron chi connectivity index (χ0n) is 18.2. The number of hydrogen-bond donors (Lipinski definition) is 1. The Hall–Kier alpha value is -3.36. The minimum Gasteiger partial charge on any atom is -0.352 e. The maximum atomic E-state index is 13.1. The van der Waals surface area contributed by atoms with Crippen LogP contribution in [0.5, 0.6) is 0 Å². The number of benzene rings is 1. The molecular weight excluding hydrogens is 456 g/mol. The summed E-state index contributed by atoms with van der Waals surface area (Å²) in [6.45, 7) is 4.48. The highest BCUT2D eigenvalue weighted by Gasteiger charge is 2.15. The van der Waals surface area contributed by atoms with Crippen molar-refractivity contribution in [1.82, 2.24) is 29.9 Å². The first kappa shape index (κ1) is 21.5. The molecule has 166 valence electrons. The van der Waals surface area contributed by atoms with E-state index in [1.807, 2.05) is 66.8 Å². The molecule has 0 atom stereocenters. The lowest BCUT2D eigenvalue weighted by Gasteiger charge is -2.10. The van der Waals surface area contributed by atoms with Crippen LogP contribution >= 0.6 is 22.9 Å². The molecule has 0 radical (unpaired) electrons. The second-order valence-electron chi connectivity index (χ2n) is 7.83. The predicted molar refractivity (Wildman–Crippen MR) is 131 cm³/mol. The van der Waals surface area contributed by atoms with Crippen LogP contribution in [0.15, 0.2) is 48.5 Å². The van der Waals surface area contributed by atoms with Crippen LogP contribution in [0.4, 0.5) is 0 Å². The number of nitrogens with one attached hydrogen (secondary N) is 1. The lowest BCUT2D eigenvalue weighted by atomic mass is 10.1. The number of amides is 1. The van der Waals surface area contributed by atoms with E-state index in [0.29, 0.717) is 28.6 Å². The molecule has 1 aromatic carbocycles. The Morgan fingerprint density at radius 3 is 2.76 bits per heavy atom. The van der Waals surface area contributed by atoms with Gasteiger partial charge in [0.25, 0.3) is 11.7 Å². The Bertz CT molecular complexity index is 1490. The van der Waals surface area contributed by atoms with Gasteiger partial charge in [0.2, 0.25) is 0 Å². The molecule has 5 aromatic rings. The highest BCUT2D eigenvalue weighted by atomic mass is 35.5. The van der Waals surface area contributed by atoms with Crippen molar-refractivity contribution in [2.24, 2.45) is 0 Å². The molecule has 0 aliphatic rings. The van der Waals surface area contributed by atoms with E-state index in [2.05, 4.69) is 20.5 Å². The van der Waals surface area contributed by atoms with Crippen molar-refractivity contribution in [3.8, 4) is 10.6 Å². The number of rotatable bonds is 6. The first-order valence-corrected chi connectivity index (χ1v) is 11.8. The third-order valence-corrected chi connectivity index (χ3v) is 6.66. The largest absolute Gasteiger partial charge is 0.352 e. The number of carbonyl (C=O) groups is 1. The SMILES string of the molecule is Cc1cc(C)n2c(CCCNC(=O)c3cc(-c4ccc(Cl)s4)nc4ccccc34)nnc2n1. The summed E-state index contributed by atoms with van der Waals surface area (Å²) in [4.78, 5) is 23.2. The van der Waals surface area contributed by atoms with E-state index < -0.39 is 0 Å². The maximum absolute atomic E-state index is 13.1. The van der Waals surface area contributed by atoms with Crippen LogP contribution in [0, 0.1) is 13.8 Å². The van der Waals surface area contributed by atoms with E-state index in [9.17, 15) is 4.79 Å². The number of para-hydroxylation sites is 1. The number of aryl methyl sites for hydroxylation is 3. The van der Waals surface area contributed by atoms with Gasteiger partial charge in [-0.05, 0) is 50.6 Å². The van der Waals surface area contributed by atoms with Gasteiger partial charge in [-0.25, -0.2) is 9.97 Å². The fourth-order valence-electron chi connectivity index (χ4n) is 3.94. The lowest BCUT2D eigenvalue weighted by molar-refractivity contribution is 0.0954. The predicted octanol–water partition coefficient (Wildman–Crippen LogP) is 5.03. The van der Waals surface area contributed by atoms with Gasteiger partial charge < -0.3 is 5.32 Å². The van der Waals surface area contributed by atoms with Crippen molar-refractivity contribution >= 4 is 45.5 Å². The molecule has 4 heterocycles. The number of nitrogens with zero attached hydrogens (tertiary/aromatic N) is 5. The quantitative estimate of drug-likeness (QED) is 0.347. The standard InChI is InChI=1S/C24H21ClN6OS/c1-14-12-15(2)31-22(29-30-24(31)27-14)8-5-11-26-23(32)17-13-19(20-9-10-21(25)33-20)28-18-7-4-3-6-16(17)18/h3-4,6-7,9-10,12-13H,5,8,11H2,1-2H3,(H,26,32). The van der Waals surface area contributed by atoms with Crippen LogP contribution in [0.25, 0.3) is 27.3 Å². The fourth-order valence-corrected chi connectivity index (χ4v) is 4.95. The molecule has 0 aliphatic heterocycles. The van der Waals surface area contributed by atoms with Gasteiger partial charge in [-0.2, -0.15) is 0 Å². The summed E-state index contributed by atoms with van der Waals surface area (Å²) < 4.78 is 2.65. The summed E-state index contributed by atoms with van der Waals surface area (Å²) in [5, 5.41) is 12.3. The van der Waals surface area contributed by atoms with Gasteiger partial charge in [0.05, 0.1) is 26.0 Å². The van der Waals surface area contributed by atoms with Gasteiger partial charge in [0.1, 0.15) is 5.82 Å². The summed E-state index contributed by atoms with van der Waals surface area (Å²) >= 11 is 7.55. The van der Waals surface area contributed by atoms with E-state index >= 15 is 0 Å². The Labute approximate surface area is 199 Å². The third kappa shape index (κ3) is 4.31. The first-order valence-electron chi connectivity index (χ1n) is 10.6. The van der Waals surface area contributed by atoms with Crippen LogP contribution < -0.4 is 5.32 Å². The molecule has 5 rings (SSSR count). The second-order valence-corrected chi connectivity index (χ2v) is 9.54. The average molecular weight is 477 g/mol. The van der Waals surface area contributed by atoms with E-state index in [-0.39, 0.29) is 5.91 Å². The Morgan fingerprint density at radius 2 is 1.94 bits per heavy atom. The molecule has 0 fully saturated rings. The van der Waals surface area contributed by atoms with Crippen molar-refractivity contribution in [3.63, 3.8) is 0 Å². The third-order valence-electron chi connectivity index (χ3n) is 5.41. The summed E-state index contributed by atoms with van der Waals surface area (Å²) in [5.41, 5.74) is 4.08. The minimum atomic E-state index is -0.128. The van der Waals surface area contributed by atoms with E-state index in [1.54, 1.807) is 0 Å². The van der Waals surface area contributed by atoms with Crippen molar-refractivity contribution < 1.29 is 4.79 Å². The van der Waals surface area contributed by atoms with Crippen molar-refractivity contribution in [2.75, 3.05) is 6.54 Å². The molecular formula is C24H21ClN6OS. The molecule has 0 saturated carbocycles. The summed E-state index contributed by atoms with van der Waals surface area (Å²) in [7, 11) is 0. The van der Waals surface area contributed by atoms with E-state index in [0.717, 1.165) is 45.1 Å². The van der Waals surface area contributed by atoms with Crippen LogP contribution in [0.1, 0.15) is 34.0 Å². The summed E-state index contributed by atoms with van der Waals surface area (Å²) in [6, 6.07) is 15.3. The molecule has 0 bridgehead atoms. The molecule has 4 aromatic heterocycles. The Morgan fingerprint density at radius 1 is 1.09 bits per heavy atom. The number of hydrogen-bond acceptors (Lipinski definition) is 6. The summed E-state index contributed by atoms with van der Waals surface area (Å²) in [5.74, 6) is 1.32. The zero-order chi connectivity index (χ0) is 22.9. The molecule has 0 spiro atoms. The smallest absolute Gasteiger partial charge is 0.255 e. The topological polar surface area (TPSA) is 85.1 Å². The number of pyridine rings is 1. The normalized spacial score (nSPS) is 11.4. The van der Waals surface area contributed by atoms with E-state index in [1.165, 1.54) is 11.3 Å². The molecule has 7 nitrogen and oxygen atoms in total. The second kappa shape index (κ2) is 8.88. The Balaban J connectivity index is 1.32. The minimum absolute atomic E-state index is 0.128. The van der Waals surface area contributed by atoms with Crippen molar-refractivity contribution in [2.45, 2.75) is 26.7 Å². The number of aromatic nitrogens is 5. The van der Waals surface area contributed by atoms with Gasteiger partial charge >= 0.3 is 0 Å². The molecule has 1 N–H and O–H groups in total. The first-order chi connectivity index (χ1) is 16.0. The van der Waals surface area contributed by atoms with Gasteiger partial charge in [-0.1, -0.05) is 29.8 Å². The molecule has 1 amide bonds. The molecule has 33 heavy (non-hydrogen) atoms. The lowest BCUT2D eigenvalue weighted by Crippen LogP contribution is -2.25. The number of thiophene rings is 1. The van der Waals surface area contributed by atoms with Crippen molar-refractivity contribution in [1.29, 1.82) is 0 Å². The molecule has 0 unspecified atom stereocenters. The number of halogens is 1. The van der Waals surface area contributed by atoms with Gasteiger partial charge in [-0.15, -0.1) is 21.5 Å². The zero-order valence-corrected chi connectivity index (χ0v) is 19.7. The summed E-state index contributed by atoms with van der Waals surface area (Å²) in [6.07, 6.45) is 1.42. The van der Waals surface area contributed by atoms with Crippen LogP contribution in [-0.2, 0) is 6.42 Å². The maximum Gasteiger partial charge on any atom is 0.255 e. The number of carbonyl (C=O) groups excluding carboxylic acids is 1. The fraction of sp³-hybridized carbons (Fsp3) is 0.208. The van der Waals surface area contributed by atoms with Gasteiger partial charge in [0.15, 0.2) is 0 Å². The van der Waals surface area contributed by atoms with Gasteiger partial charge in [0, 0.05) is 29.7 Å². The highest BCUT2D eigenvalue weighted by Crippen LogP contribution is 2.32. The monoisotopic (exact) mass is 476 g/mol. The molecule has 0 saturated heterocycles. The van der Waals surface area contributed by atoms with Crippen LogP contribution in [0.2, 0.25) is 4.34 Å². The molecule has 0 aliphatic carbocycles. The highest BCUT2D eigenvalue weighted by molar-refractivity contribution is 7.19. The van der Waals surface area contributed by atoms with Crippen molar-refractivity contribution in [3.05, 3.63) is 75.6 Å². The Kier molecular flexibility index (Phi) is 5.78. The van der Waals surface area contributed by atoms with Crippen LogP contribution in [0.3, 0.4) is 0 Å². The van der Waals surface area contributed by atoms with E-state index in [4.69, 9.17) is 16.6 Å². The average Bonchev–Trinajstić information content (AvgIpc) is 3.42. The molecule has 9 heteroatoms. The van der Waals surface area contributed by atoms with Gasteiger partial charge in [-0.3, -0.25) is 9.20 Å². The number of fused-ring (bicyclic) bond motifs is 2.